The van der Waals surface area contributed by atoms with Crippen LogP contribution in [-0.2, 0) is 0 Å². The van der Waals surface area contributed by atoms with Crippen molar-refractivity contribution in [1.29, 1.82) is 10.7 Å². The Morgan fingerprint density at radius 3 is 2.00 bits per heavy atom. The second-order valence-electron chi connectivity index (χ2n) is 6.55. The van der Waals surface area contributed by atoms with Crippen molar-refractivity contribution in [2.24, 2.45) is 5.92 Å². The van der Waals surface area contributed by atoms with Gasteiger partial charge in [-0.1, -0.05) is 78.0 Å². The Labute approximate surface area is 139 Å². The summed E-state index contributed by atoms with van der Waals surface area (Å²) in [5.41, 5.74) is 1.05. The van der Waals surface area contributed by atoms with Gasteiger partial charge >= 0.3 is 0 Å². The molecule has 3 rings (SSSR count). The molecule has 0 spiro atoms. The molecule has 23 heavy (non-hydrogen) atoms. The van der Waals surface area contributed by atoms with Crippen LogP contribution < -0.4 is 10.4 Å². The Bertz CT molecular complexity index is 679. The van der Waals surface area contributed by atoms with E-state index in [4.69, 9.17) is 5.41 Å². The molecule has 0 bridgehead atoms. The molecule has 2 unspecified atom stereocenters. The second kappa shape index (κ2) is 6.52. The van der Waals surface area contributed by atoms with E-state index in [1.165, 1.54) is 10.4 Å². The lowest BCUT2D eigenvalue weighted by molar-refractivity contribution is 0.810. The Morgan fingerprint density at radius 1 is 1.00 bits per heavy atom. The van der Waals surface area contributed by atoms with Crippen molar-refractivity contribution < 1.29 is 0 Å². The third kappa shape index (κ3) is 2.75. The molecule has 0 aromatic heterocycles. The van der Waals surface area contributed by atoms with Crippen LogP contribution >= 0.6 is 0 Å². The molecule has 2 nitrogen and oxygen atoms in total. The van der Waals surface area contributed by atoms with Gasteiger partial charge in [-0.25, -0.2) is 0 Å². The molecule has 0 amide bonds. The zero-order valence-electron chi connectivity index (χ0n) is 13.5. The maximum absolute atomic E-state index is 9.41. The standard InChI is InChI=1S/C20H22N2Si/c1-16-14-20(22)17(15-21)12-13-23(16,18-8-4-2-5-9-18)19-10-6-3-7-11-19/h2-11,16-17,22H,12-14H2,1H3. The number of nitriles is 1. The van der Waals surface area contributed by atoms with Crippen molar-refractivity contribution in [1.82, 2.24) is 0 Å². The summed E-state index contributed by atoms with van der Waals surface area (Å²) in [4.78, 5) is 0. The lowest BCUT2D eigenvalue weighted by Crippen LogP contribution is -2.60. The van der Waals surface area contributed by atoms with Gasteiger partial charge in [0.25, 0.3) is 0 Å². The Balaban J connectivity index is 2.17. The third-order valence-electron chi connectivity index (χ3n) is 5.35. The fourth-order valence-electron chi connectivity index (χ4n) is 4.08. The highest BCUT2D eigenvalue weighted by molar-refractivity contribution is 7.03. The molecule has 2 aromatic rings. The minimum Gasteiger partial charge on any atom is -0.308 e. The van der Waals surface area contributed by atoms with Crippen LogP contribution in [0.25, 0.3) is 0 Å². The number of hydrogen-bond acceptors (Lipinski definition) is 2. The molecule has 116 valence electrons. The fraction of sp³-hybridized carbons (Fsp3) is 0.300. The molecule has 1 N–H and O–H groups in total. The van der Waals surface area contributed by atoms with Gasteiger partial charge in [0, 0.05) is 5.71 Å². The molecule has 0 saturated carbocycles. The first-order valence-electron chi connectivity index (χ1n) is 8.26. The first kappa shape index (κ1) is 15.7. The van der Waals surface area contributed by atoms with Gasteiger partial charge in [-0.3, -0.25) is 0 Å². The SMILES string of the molecule is CC1CC(=N)C(C#N)CC[Si]1(c1ccccc1)c1ccccc1. The number of hydrogen-bond donors (Lipinski definition) is 1. The van der Waals surface area contributed by atoms with Gasteiger partial charge in [0.15, 0.2) is 0 Å². The van der Waals surface area contributed by atoms with E-state index in [-0.39, 0.29) is 5.92 Å². The van der Waals surface area contributed by atoms with E-state index < -0.39 is 8.07 Å². The van der Waals surface area contributed by atoms with Crippen molar-refractivity contribution in [3.8, 4) is 6.07 Å². The monoisotopic (exact) mass is 318 g/mol. The first-order chi connectivity index (χ1) is 11.2. The van der Waals surface area contributed by atoms with Gasteiger partial charge in [0.05, 0.1) is 12.0 Å². The molecule has 1 fully saturated rings. The van der Waals surface area contributed by atoms with Crippen LogP contribution in [0.4, 0.5) is 0 Å². The molecule has 1 aliphatic rings. The Morgan fingerprint density at radius 2 is 1.52 bits per heavy atom. The second-order valence-corrected chi connectivity index (χ2v) is 11.1. The van der Waals surface area contributed by atoms with Crippen LogP contribution in [0.5, 0.6) is 0 Å². The Hall–Kier alpha value is -2.18. The van der Waals surface area contributed by atoms with Gasteiger partial charge in [-0.2, -0.15) is 5.26 Å². The van der Waals surface area contributed by atoms with Crippen molar-refractivity contribution in [2.75, 3.05) is 0 Å². The highest BCUT2D eigenvalue weighted by Gasteiger charge is 2.45. The van der Waals surface area contributed by atoms with Crippen LogP contribution in [0.2, 0.25) is 11.6 Å². The zero-order chi connectivity index (χ0) is 16.3. The van der Waals surface area contributed by atoms with Gasteiger partial charge in [-0.15, -0.1) is 0 Å². The maximum atomic E-state index is 9.41. The van der Waals surface area contributed by atoms with Crippen LogP contribution in [0.1, 0.15) is 19.8 Å². The molecule has 1 heterocycles. The number of nitrogens with one attached hydrogen (secondary N) is 1. The van der Waals surface area contributed by atoms with Crippen LogP contribution in [0.15, 0.2) is 60.7 Å². The first-order valence-corrected chi connectivity index (χ1v) is 10.5. The van der Waals surface area contributed by atoms with Gasteiger partial charge in [-0.05, 0) is 24.4 Å². The van der Waals surface area contributed by atoms with Gasteiger partial charge in [0.2, 0.25) is 0 Å². The average molecular weight is 318 g/mol. The number of rotatable bonds is 2. The minimum atomic E-state index is -1.98. The summed E-state index contributed by atoms with van der Waals surface area (Å²) < 4.78 is 0. The fourth-order valence-corrected chi connectivity index (χ4v) is 9.51. The van der Waals surface area contributed by atoms with Crippen molar-refractivity contribution in [2.45, 2.75) is 31.4 Å². The lowest BCUT2D eigenvalue weighted by Gasteiger charge is -2.37. The van der Waals surface area contributed by atoms with E-state index in [0.29, 0.717) is 11.3 Å². The smallest absolute Gasteiger partial charge is 0.121 e. The van der Waals surface area contributed by atoms with Crippen molar-refractivity contribution in [3.05, 3.63) is 60.7 Å². The van der Waals surface area contributed by atoms with Gasteiger partial charge in [0.1, 0.15) is 8.07 Å². The zero-order valence-corrected chi connectivity index (χ0v) is 14.5. The van der Waals surface area contributed by atoms with E-state index in [0.717, 1.165) is 18.9 Å². The summed E-state index contributed by atoms with van der Waals surface area (Å²) in [7, 11) is -1.98. The summed E-state index contributed by atoms with van der Waals surface area (Å²) in [6.45, 7) is 2.29. The maximum Gasteiger partial charge on any atom is 0.121 e. The molecular formula is C20H22N2Si. The minimum absolute atomic E-state index is 0.209. The summed E-state index contributed by atoms with van der Waals surface area (Å²) in [6, 6.07) is 25.0. The molecule has 1 aliphatic heterocycles. The van der Waals surface area contributed by atoms with Crippen molar-refractivity contribution in [3.63, 3.8) is 0 Å². The third-order valence-corrected chi connectivity index (χ3v) is 11.0. The van der Waals surface area contributed by atoms with Crippen molar-refractivity contribution >= 4 is 24.2 Å². The molecule has 1 saturated heterocycles. The lowest BCUT2D eigenvalue weighted by atomic mass is 9.99. The van der Waals surface area contributed by atoms with E-state index in [9.17, 15) is 5.26 Å². The molecule has 2 aromatic carbocycles. The van der Waals surface area contributed by atoms with Gasteiger partial charge < -0.3 is 5.41 Å². The van der Waals surface area contributed by atoms with E-state index in [1.54, 1.807) is 0 Å². The normalized spacial score (nSPS) is 23.7. The Kier molecular flexibility index (Phi) is 4.45. The molecule has 2 atom stereocenters. The summed E-state index contributed by atoms with van der Waals surface area (Å²) >= 11 is 0. The molecule has 3 heteroatoms. The number of benzene rings is 2. The van der Waals surface area contributed by atoms with E-state index >= 15 is 0 Å². The predicted octanol–water partition coefficient (Wildman–Crippen LogP) is 3.59. The average Bonchev–Trinajstić information content (AvgIpc) is 2.72. The summed E-state index contributed by atoms with van der Waals surface area (Å²) in [5.74, 6) is -0.209. The molecule has 0 aliphatic carbocycles. The predicted molar refractivity (Wildman–Crippen MR) is 98.2 cm³/mol. The summed E-state index contributed by atoms with van der Waals surface area (Å²) in [6.07, 6.45) is 1.56. The highest BCUT2D eigenvalue weighted by Crippen LogP contribution is 2.36. The molecule has 0 radical (unpaired) electrons. The van der Waals surface area contributed by atoms with E-state index in [2.05, 4.69) is 73.7 Å². The topological polar surface area (TPSA) is 47.6 Å². The van der Waals surface area contributed by atoms with Crippen LogP contribution in [0.3, 0.4) is 0 Å². The van der Waals surface area contributed by atoms with Crippen LogP contribution in [-0.4, -0.2) is 13.8 Å². The van der Waals surface area contributed by atoms with Crippen LogP contribution in [0, 0.1) is 22.7 Å². The van der Waals surface area contributed by atoms with E-state index in [1.807, 2.05) is 0 Å². The highest BCUT2D eigenvalue weighted by atomic mass is 28.3. The quantitative estimate of drug-likeness (QED) is 0.845. The molecular weight excluding hydrogens is 296 g/mol. The largest absolute Gasteiger partial charge is 0.308 e. The summed E-state index contributed by atoms with van der Waals surface area (Å²) in [5, 5.41) is 20.6. The number of nitrogens with zero attached hydrogens (tertiary/aromatic N) is 1.